The number of carbonyl (C=O) groups excluding carboxylic acids is 1. The Balaban J connectivity index is 1.60. The third-order valence-electron chi connectivity index (χ3n) is 4.85. The maximum Gasteiger partial charge on any atom is 0.238 e. The Bertz CT molecular complexity index is 503. The number of anilines is 1. The molecule has 1 aromatic rings. The van der Waals surface area contributed by atoms with Crippen LogP contribution >= 0.6 is 15.9 Å². The Hall–Kier alpha value is -0.870. The number of amides is 1. The predicted octanol–water partition coefficient (Wildman–Crippen LogP) is 4.04. The van der Waals surface area contributed by atoms with E-state index >= 15 is 0 Å². The fraction of sp³-hybridized carbons (Fsp3) is 0.588. The predicted molar refractivity (Wildman–Crippen MR) is 89.3 cm³/mol. The average molecular weight is 351 g/mol. The Kier molecular flexibility index (Phi) is 4.96. The van der Waals surface area contributed by atoms with Crippen LogP contribution in [0.5, 0.6) is 0 Å². The number of fused-ring (bicyclic) bond motifs is 1. The zero-order chi connectivity index (χ0) is 14.7. The van der Waals surface area contributed by atoms with Crippen molar-refractivity contribution in [1.82, 2.24) is 4.90 Å². The number of para-hydroxylation sites is 1. The van der Waals surface area contributed by atoms with Crippen molar-refractivity contribution >= 4 is 27.5 Å². The van der Waals surface area contributed by atoms with Crippen molar-refractivity contribution in [1.29, 1.82) is 0 Å². The van der Waals surface area contributed by atoms with E-state index < -0.39 is 0 Å². The topological polar surface area (TPSA) is 32.3 Å². The molecule has 1 N–H and O–H groups in total. The number of nitrogens with zero attached hydrogens (tertiary/aromatic N) is 1. The smallest absolute Gasteiger partial charge is 0.238 e. The minimum absolute atomic E-state index is 0.105. The molecule has 0 radical (unpaired) electrons. The van der Waals surface area contributed by atoms with E-state index in [9.17, 15) is 4.79 Å². The van der Waals surface area contributed by atoms with Gasteiger partial charge < -0.3 is 5.32 Å². The van der Waals surface area contributed by atoms with Gasteiger partial charge in [-0.15, -0.1) is 0 Å². The molecule has 2 atom stereocenters. The zero-order valence-corrected chi connectivity index (χ0v) is 13.9. The van der Waals surface area contributed by atoms with E-state index in [1.165, 1.54) is 38.5 Å². The number of rotatable bonds is 3. The number of hydrogen-bond acceptors (Lipinski definition) is 2. The van der Waals surface area contributed by atoms with Crippen LogP contribution in [0.3, 0.4) is 0 Å². The lowest BCUT2D eigenvalue weighted by atomic mass is 9.78. The molecule has 114 valence electrons. The number of carbonyl (C=O) groups is 1. The molecule has 21 heavy (non-hydrogen) atoms. The molecule has 1 amide bonds. The summed E-state index contributed by atoms with van der Waals surface area (Å²) >= 11 is 3.48. The van der Waals surface area contributed by atoms with Crippen LogP contribution in [-0.4, -0.2) is 29.9 Å². The van der Waals surface area contributed by atoms with Gasteiger partial charge in [0.05, 0.1) is 12.2 Å². The van der Waals surface area contributed by atoms with Crippen LogP contribution < -0.4 is 5.32 Å². The van der Waals surface area contributed by atoms with Crippen molar-refractivity contribution in [2.75, 3.05) is 18.4 Å². The van der Waals surface area contributed by atoms with E-state index in [0.29, 0.717) is 12.6 Å². The van der Waals surface area contributed by atoms with Gasteiger partial charge in [0.2, 0.25) is 5.91 Å². The van der Waals surface area contributed by atoms with Crippen LogP contribution in [-0.2, 0) is 4.79 Å². The quantitative estimate of drug-likeness (QED) is 0.891. The zero-order valence-electron chi connectivity index (χ0n) is 12.4. The van der Waals surface area contributed by atoms with Crippen molar-refractivity contribution in [3.63, 3.8) is 0 Å². The molecule has 0 spiro atoms. The Morgan fingerprint density at radius 2 is 1.95 bits per heavy atom. The molecule has 0 bridgehead atoms. The fourth-order valence-electron chi connectivity index (χ4n) is 3.86. The van der Waals surface area contributed by atoms with Crippen molar-refractivity contribution in [3.05, 3.63) is 28.7 Å². The van der Waals surface area contributed by atoms with Crippen molar-refractivity contribution in [2.45, 2.75) is 44.6 Å². The van der Waals surface area contributed by atoms with E-state index in [1.54, 1.807) is 0 Å². The first kappa shape index (κ1) is 15.0. The number of likely N-dealkylation sites (tertiary alicyclic amines) is 1. The normalized spacial score (nSPS) is 26.1. The summed E-state index contributed by atoms with van der Waals surface area (Å²) in [6.07, 6.45) is 7.91. The van der Waals surface area contributed by atoms with Gasteiger partial charge in [0.1, 0.15) is 0 Å². The number of halogens is 1. The number of benzene rings is 1. The third kappa shape index (κ3) is 3.67. The molecule has 2 aliphatic rings. The summed E-state index contributed by atoms with van der Waals surface area (Å²) in [4.78, 5) is 14.7. The van der Waals surface area contributed by atoms with E-state index in [0.717, 1.165) is 22.6 Å². The highest BCUT2D eigenvalue weighted by molar-refractivity contribution is 9.10. The average Bonchev–Trinajstić information content (AvgIpc) is 2.50. The fourth-order valence-corrected chi connectivity index (χ4v) is 4.24. The summed E-state index contributed by atoms with van der Waals surface area (Å²) in [5.74, 6) is 0.928. The SMILES string of the molecule is O=C(CN1CCC[C@@H]2CCCC[C@@H]21)Nc1ccccc1Br. The minimum atomic E-state index is 0.105. The Morgan fingerprint density at radius 3 is 2.81 bits per heavy atom. The summed E-state index contributed by atoms with van der Waals surface area (Å²) in [5.41, 5.74) is 0.861. The summed E-state index contributed by atoms with van der Waals surface area (Å²) < 4.78 is 0.938. The number of hydrogen-bond donors (Lipinski definition) is 1. The van der Waals surface area contributed by atoms with E-state index in [4.69, 9.17) is 0 Å². The lowest BCUT2D eigenvalue weighted by molar-refractivity contribution is -0.118. The molecule has 0 unspecified atom stereocenters. The molecule has 1 aromatic carbocycles. The molecule has 2 fully saturated rings. The second-order valence-electron chi connectivity index (χ2n) is 6.25. The molecule has 0 aromatic heterocycles. The van der Waals surface area contributed by atoms with Gasteiger partial charge in [-0.2, -0.15) is 0 Å². The Labute approximate surface area is 135 Å². The van der Waals surface area contributed by atoms with Crippen LogP contribution in [0.15, 0.2) is 28.7 Å². The van der Waals surface area contributed by atoms with Crippen LogP contribution in [0.25, 0.3) is 0 Å². The number of nitrogens with one attached hydrogen (secondary N) is 1. The van der Waals surface area contributed by atoms with Crippen molar-refractivity contribution in [3.8, 4) is 0 Å². The molecule has 1 saturated heterocycles. The number of piperidine rings is 1. The maximum atomic E-state index is 12.3. The molecular weight excluding hydrogens is 328 g/mol. The highest BCUT2D eigenvalue weighted by atomic mass is 79.9. The molecule has 1 heterocycles. The first-order valence-electron chi connectivity index (χ1n) is 8.02. The van der Waals surface area contributed by atoms with Crippen molar-refractivity contribution < 1.29 is 4.79 Å². The summed E-state index contributed by atoms with van der Waals surface area (Å²) in [7, 11) is 0. The minimum Gasteiger partial charge on any atom is -0.324 e. The lowest BCUT2D eigenvalue weighted by Gasteiger charge is -2.43. The van der Waals surface area contributed by atoms with Gasteiger partial charge in [-0.05, 0) is 66.2 Å². The van der Waals surface area contributed by atoms with Gasteiger partial charge in [0, 0.05) is 10.5 Å². The van der Waals surface area contributed by atoms with Crippen LogP contribution in [0.1, 0.15) is 38.5 Å². The largest absolute Gasteiger partial charge is 0.324 e. The molecule has 3 rings (SSSR count). The monoisotopic (exact) mass is 350 g/mol. The van der Waals surface area contributed by atoms with Gasteiger partial charge >= 0.3 is 0 Å². The summed E-state index contributed by atoms with van der Waals surface area (Å²) in [5, 5.41) is 3.03. The van der Waals surface area contributed by atoms with Gasteiger partial charge in [0.25, 0.3) is 0 Å². The molecule has 4 heteroatoms. The van der Waals surface area contributed by atoms with Gasteiger partial charge in [-0.25, -0.2) is 0 Å². The van der Waals surface area contributed by atoms with Gasteiger partial charge in [-0.3, -0.25) is 9.69 Å². The first-order chi connectivity index (χ1) is 10.2. The van der Waals surface area contributed by atoms with Crippen LogP contribution in [0, 0.1) is 5.92 Å². The third-order valence-corrected chi connectivity index (χ3v) is 5.54. The Morgan fingerprint density at radius 1 is 1.19 bits per heavy atom. The molecular formula is C17H23BrN2O. The molecule has 1 saturated carbocycles. The van der Waals surface area contributed by atoms with Crippen LogP contribution in [0.4, 0.5) is 5.69 Å². The maximum absolute atomic E-state index is 12.3. The van der Waals surface area contributed by atoms with E-state index in [-0.39, 0.29) is 5.91 Å². The first-order valence-corrected chi connectivity index (χ1v) is 8.82. The van der Waals surface area contributed by atoms with Crippen molar-refractivity contribution in [2.24, 2.45) is 5.92 Å². The molecule has 3 nitrogen and oxygen atoms in total. The van der Waals surface area contributed by atoms with E-state index in [2.05, 4.69) is 26.1 Å². The summed E-state index contributed by atoms with van der Waals surface area (Å²) in [6, 6.07) is 8.42. The summed E-state index contributed by atoms with van der Waals surface area (Å²) in [6.45, 7) is 1.60. The highest BCUT2D eigenvalue weighted by Crippen LogP contribution is 2.35. The van der Waals surface area contributed by atoms with Gasteiger partial charge in [-0.1, -0.05) is 25.0 Å². The molecule has 1 aliphatic carbocycles. The van der Waals surface area contributed by atoms with Gasteiger partial charge in [0.15, 0.2) is 0 Å². The van der Waals surface area contributed by atoms with Crippen LogP contribution in [0.2, 0.25) is 0 Å². The molecule has 1 aliphatic heterocycles. The highest BCUT2D eigenvalue weighted by Gasteiger charge is 2.33. The lowest BCUT2D eigenvalue weighted by Crippen LogP contribution is -2.49. The second kappa shape index (κ2) is 6.93. The van der Waals surface area contributed by atoms with E-state index in [1.807, 2.05) is 24.3 Å². The standard InChI is InChI=1S/C17H23BrN2O/c18-14-8-2-3-9-15(14)19-17(21)12-20-11-5-7-13-6-1-4-10-16(13)20/h2-3,8-9,13,16H,1,4-7,10-12H2,(H,19,21)/t13-,16-/m0/s1. The second-order valence-corrected chi connectivity index (χ2v) is 7.11.